The van der Waals surface area contributed by atoms with Crippen molar-refractivity contribution in [3.63, 3.8) is 0 Å². The second-order valence-corrected chi connectivity index (χ2v) is 5.77. The van der Waals surface area contributed by atoms with Crippen molar-refractivity contribution in [1.29, 1.82) is 0 Å². The molecule has 0 atom stereocenters. The zero-order valence-electron chi connectivity index (χ0n) is 14.1. The number of halogens is 1. The summed E-state index contributed by atoms with van der Waals surface area (Å²) in [5.74, 6) is 0.466. The molecular formula is C16H18FN7O. The number of rotatable bonds is 5. The summed E-state index contributed by atoms with van der Waals surface area (Å²) in [6, 6.07) is 5.95. The number of nitrogens with one attached hydrogen (secondary N) is 1. The van der Waals surface area contributed by atoms with Crippen molar-refractivity contribution in [2.45, 2.75) is 33.4 Å². The fourth-order valence-electron chi connectivity index (χ4n) is 2.38. The van der Waals surface area contributed by atoms with Crippen LogP contribution in [0.1, 0.15) is 42.2 Å². The molecule has 0 radical (unpaired) electrons. The molecule has 3 aromatic rings. The molecule has 0 saturated heterocycles. The molecule has 0 spiro atoms. The van der Waals surface area contributed by atoms with Crippen LogP contribution in [-0.4, -0.2) is 35.4 Å². The van der Waals surface area contributed by atoms with Gasteiger partial charge in [-0.25, -0.2) is 23.7 Å². The van der Waals surface area contributed by atoms with Gasteiger partial charge in [0.05, 0.1) is 12.2 Å². The first-order chi connectivity index (χ1) is 12.0. The number of aromatic nitrogens is 6. The van der Waals surface area contributed by atoms with Gasteiger partial charge < -0.3 is 5.32 Å². The van der Waals surface area contributed by atoms with Crippen LogP contribution < -0.4 is 5.32 Å². The fourth-order valence-corrected chi connectivity index (χ4v) is 2.38. The molecule has 2 heterocycles. The number of aryl methyl sites for hydroxylation is 1. The monoisotopic (exact) mass is 343 g/mol. The van der Waals surface area contributed by atoms with E-state index in [0.717, 1.165) is 0 Å². The molecule has 0 aliphatic rings. The van der Waals surface area contributed by atoms with Crippen molar-refractivity contribution >= 4 is 5.91 Å². The molecular weight excluding hydrogens is 325 g/mol. The van der Waals surface area contributed by atoms with Gasteiger partial charge in [0.25, 0.3) is 5.91 Å². The number of nitrogens with zero attached hydrogens (tertiary/aromatic N) is 6. The average Bonchev–Trinajstić information content (AvgIpc) is 3.20. The van der Waals surface area contributed by atoms with Crippen LogP contribution in [0.5, 0.6) is 0 Å². The van der Waals surface area contributed by atoms with Gasteiger partial charge in [0.1, 0.15) is 23.8 Å². The van der Waals surface area contributed by atoms with Crippen molar-refractivity contribution in [2.24, 2.45) is 0 Å². The van der Waals surface area contributed by atoms with Gasteiger partial charge >= 0.3 is 0 Å². The lowest BCUT2D eigenvalue weighted by atomic mass is 10.3. The maximum atomic E-state index is 13.0. The molecule has 25 heavy (non-hydrogen) atoms. The summed E-state index contributed by atoms with van der Waals surface area (Å²) in [6.07, 6.45) is 1.45. The van der Waals surface area contributed by atoms with E-state index in [9.17, 15) is 9.18 Å². The predicted octanol–water partition coefficient (Wildman–Crippen LogP) is 1.82. The quantitative estimate of drug-likeness (QED) is 0.763. The molecule has 8 nitrogen and oxygen atoms in total. The Bertz CT molecular complexity index is 882. The number of amides is 1. The first-order valence-corrected chi connectivity index (χ1v) is 7.82. The van der Waals surface area contributed by atoms with E-state index in [2.05, 4.69) is 25.5 Å². The maximum Gasteiger partial charge on any atom is 0.291 e. The van der Waals surface area contributed by atoms with Crippen LogP contribution in [0.3, 0.4) is 0 Å². The van der Waals surface area contributed by atoms with Crippen molar-refractivity contribution in [2.75, 3.05) is 0 Å². The number of benzene rings is 1. The van der Waals surface area contributed by atoms with Crippen molar-refractivity contribution < 1.29 is 9.18 Å². The van der Waals surface area contributed by atoms with E-state index >= 15 is 0 Å². The Morgan fingerprint density at radius 3 is 2.68 bits per heavy atom. The van der Waals surface area contributed by atoms with E-state index < -0.39 is 5.91 Å². The van der Waals surface area contributed by atoms with Gasteiger partial charge in [-0.3, -0.25) is 4.79 Å². The third-order valence-corrected chi connectivity index (χ3v) is 3.59. The molecule has 1 N–H and O–H groups in total. The van der Waals surface area contributed by atoms with Gasteiger partial charge in [-0.2, -0.15) is 5.10 Å². The van der Waals surface area contributed by atoms with Crippen LogP contribution in [-0.2, 0) is 6.54 Å². The highest BCUT2D eigenvalue weighted by Gasteiger charge is 2.16. The minimum absolute atomic E-state index is 0.0393. The lowest BCUT2D eigenvalue weighted by Crippen LogP contribution is -2.26. The van der Waals surface area contributed by atoms with Gasteiger partial charge in [-0.15, -0.1) is 5.10 Å². The minimum atomic E-state index is -0.415. The van der Waals surface area contributed by atoms with Crippen LogP contribution in [0.15, 0.2) is 30.6 Å². The van der Waals surface area contributed by atoms with Gasteiger partial charge in [-0.05, 0) is 45.0 Å². The summed E-state index contributed by atoms with van der Waals surface area (Å²) in [5, 5.41) is 11.1. The summed E-state index contributed by atoms with van der Waals surface area (Å²) in [5.41, 5.74) is 0.630. The molecule has 0 unspecified atom stereocenters. The molecule has 0 bridgehead atoms. The van der Waals surface area contributed by atoms with Crippen molar-refractivity contribution in [3.05, 3.63) is 53.9 Å². The first kappa shape index (κ1) is 16.7. The third-order valence-electron chi connectivity index (χ3n) is 3.59. The number of hydrogen-bond acceptors (Lipinski definition) is 5. The molecule has 130 valence electrons. The third kappa shape index (κ3) is 3.54. The van der Waals surface area contributed by atoms with Crippen molar-refractivity contribution in [1.82, 2.24) is 34.8 Å². The molecule has 0 fully saturated rings. The zero-order valence-corrected chi connectivity index (χ0v) is 14.1. The van der Waals surface area contributed by atoms with Gasteiger partial charge in [-0.1, -0.05) is 0 Å². The Morgan fingerprint density at radius 2 is 2.00 bits per heavy atom. The standard InChI is InChI=1S/C16H18FN7O/c1-10(2)23-14(19-9-20-23)8-18-16(25)15-21-11(3)24(22-15)13-6-4-12(17)5-7-13/h4-7,9-10H,8H2,1-3H3,(H,18,25). The Hall–Kier alpha value is -3.10. The molecule has 9 heteroatoms. The molecule has 0 saturated carbocycles. The minimum Gasteiger partial charge on any atom is -0.342 e. The van der Waals surface area contributed by atoms with E-state index in [-0.39, 0.29) is 24.2 Å². The van der Waals surface area contributed by atoms with Crippen LogP contribution in [0.2, 0.25) is 0 Å². The zero-order chi connectivity index (χ0) is 18.0. The summed E-state index contributed by atoms with van der Waals surface area (Å²) in [4.78, 5) is 20.6. The molecule has 1 amide bonds. The van der Waals surface area contributed by atoms with E-state index in [1.807, 2.05) is 13.8 Å². The van der Waals surface area contributed by atoms with Crippen LogP contribution >= 0.6 is 0 Å². The summed E-state index contributed by atoms with van der Waals surface area (Å²) < 4.78 is 16.3. The van der Waals surface area contributed by atoms with Crippen LogP contribution in [0.25, 0.3) is 5.69 Å². The molecule has 3 rings (SSSR count). The molecule has 0 aliphatic carbocycles. The van der Waals surface area contributed by atoms with Crippen LogP contribution in [0, 0.1) is 12.7 Å². The van der Waals surface area contributed by atoms with Crippen LogP contribution in [0.4, 0.5) is 4.39 Å². The number of carbonyl (C=O) groups excluding carboxylic acids is 1. The highest BCUT2D eigenvalue weighted by molar-refractivity contribution is 5.90. The smallest absolute Gasteiger partial charge is 0.291 e. The molecule has 1 aromatic carbocycles. The van der Waals surface area contributed by atoms with E-state index in [1.165, 1.54) is 23.1 Å². The highest BCUT2D eigenvalue weighted by Crippen LogP contribution is 2.11. The van der Waals surface area contributed by atoms with E-state index in [0.29, 0.717) is 17.3 Å². The van der Waals surface area contributed by atoms with Gasteiger partial charge in [0, 0.05) is 6.04 Å². The van der Waals surface area contributed by atoms with Gasteiger partial charge in [0.15, 0.2) is 0 Å². The SMILES string of the molecule is Cc1nc(C(=O)NCc2ncnn2C(C)C)nn1-c1ccc(F)cc1. The fraction of sp³-hybridized carbons (Fsp3) is 0.312. The van der Waals surface area contributed by atoms with Crippen molar-refractivity contribution in [3.8, 4) is 5.69 Å². The predicted molar refractivity (Wildman–Crippen MR) is 87.6 cm³/mol. The second-order valence-electron chi connectivity index (χ2n) is 5.77. The highest BCUT2D eigenvalue weighted by atomic mass is 19.1. The average molecular weight is 343 g/mol. The molecule has 2 aromatic heterocycles. The summed E-state index contributed by atoms with van der Waals surface area (Å²) in [7, 11) is 0. The normalized spacial score (nSPS) is 11.1. The number of carbonyl (C=O) groups is 1. The Balaban J connectivity index is 1.74. The number of hydrogen-bond donors (Lipinski definition) is 1. The Kier molecular flexibility index (Phi) is 4.55. The Labute approximate surface area is 143 Å². The topological polar surface area (TPSA) is 90.5 Å². The van der Waals surface area contributed by atoms with E-state index in [4.69, 9.17) is 0 Å². The van der Waals surface area contributed by atoms with E-state index in [1.54, 1.807) is 23.7 Å². The lowest BCUT2D eigenvalue weighted by molar-refractivity contribution is 0.0938. The summed E-state index contributed by atoms with van der Waals surface area (Å²) >= 11 is 0. The summed E-state index contributed by atoms with van der Waals surface area (Å²) in [6.45, 7) is 5.91. The lowest BCUT2D eigenvalue weighted by Gasteiger charge is -2.09. The first-order valence-electron chi connectivity index (χ1n) is 7.82. The van der Waals surface area contributed by atoms with Gasteiger partial charge in [0.2, 0.25) is 5.82 Å². The maximum absolute atomic E-state index is 13.0. The second kappa shape index (κ2) is 6.80. The Morgan fingerprint density at radius 1 is 1.28 bits per heavy atom. The largest absolute Gasteiger partial charge is 0.342 e. The molecule has 0 aliphatic heterocycles.